The minimum absolute atomic E-state index is 0.0108. The van der Waals surface area contributed by atoms with Crippen LogP contribution in [-0.4, -0.2) is 41.6 Å². The van der Waals surface area contributed by atoms with E-state index in [4.69, 9.17) is 4.74 Å². The number of amides is 1. The van der Waals surface area contributed by atoms with Gasteiger partial charge in [-0.2, -0.15) is 0 Å². The van der Waals surface area contributed by atoms with E-state index in [0.29, 0.717) is 31.7 Å². The van der Waals surface area contributed by atoms with Gasteiger partial charge in [-0.1, -0.05) is 18.2 Å². The minimum Gasteiger partial charge on any atom is -0.374 e. The molecular weight excluding hydrogens is 331 g/mol. The number of nitrogens with zero attached hydrogens (tertiary/aromatic N) is 2. The Hall–Kier alpha value is -2.79. The maximum absolute atomic E-state index is 13.4. The molecule has 1 unspecified atom stereocenters. The first-order valence-electron chi connectivity index (χ1n) is 8.69. The number of halogens is 1. The maximum atomic E-state index is 13.4. The summed E-state index contributed by atoms with van der Waals surface area (Å²) in [4.78, 5) is 19.0. The van der Waals surface area contributed by atoms with Crippen LogP contribution in [0.3, 0.4) is 0 Å². The molecule has 0 aliphatic carbocycles. The molecule has 4 rings (SSSR count). The molecule has 4 nitrogen and oxygen atoms in total. The molecule has 0 spiro atoms. The van der Waals surface area contributed by atoms with E-state index in [9.17, 15) is 9.18 Å². The quantitative estimate of drug-likeness (QED) is 0.726. The first-order chi connectivity index (χ1) is 12.7. The van der Waals surface area contributed by atoms with Crippen molar-refractivity contribution >= 4 is 16.8 Å². The number of hydrogen-bond donors (Lipinski definition) is 0. The van der Waals surface area contributed by atoms with Gasteiger partial charge in [0.05, 0.1) is 18.2 Å². The van der Waals surface area contributed by atoms with Crippen molar-refractivity contribution < 1.29 is 13.9 Å². The van der Waals surface area contributed by atoms with Crippen molar-refractivity contribution in [2.75, 3.05) is 19.7 Å². The third-order valence-corrected chi connectivity index (χ3v) is 4.63. The first-order valence-corrected chi connectivity index (χ1v) is 8.69. The van der Waals surface area contributed by atoms with Crippen LogP contribution in [0.15, 0.2) is 60.8 Å². The van der Waals surface area contributed by atoms with Crippen molar-refractivity contribution in [2.24, 2.45) is 0 Å². The number of pyridine rings is 1. The third kappa shape index (κ3) is 3.58. The zero-order valence-corrected chi connectivity index (χ0v) is 14.3. The highest BCUT2D eigenvalue weighted by molar-refractivity contribution is 5.98. The van der Waals surface area contributed by atoms with Gasteiger partial charge < -0.3 is 9.64 Å². The van der Waals surface area contributed by atoms with Crippen molar-refractivity contribution in [1.82, 2.24) is 9.88 Å². The van der Waals surface area contributed by atoms with Crippen LogP contribution in [0.2, 0.25) is 0 Å². The average Bonchev–Trinajstić information content (AvgIpc) is 2.67. The molecule has 2 aromatic carbocycles. The Kier molecular flexibility index (Phi) is 4.63. The monoisotopic (exact) mass is 350 g/mol. The van der Waals surface area contributed by atoms with Gasteiger partial charge >= 0.3 is 0 Å². The summed E-state index contributed by atoms with van der Waals surface area (Å²) in [6, 6.07) is 15.9. The van der Waals surface area contributed by atoms with Gasteiger partial charge in [-0.15, -0.1) is 0 Å². The van der Waals surface area contributed by atoms with E-state index < -0.39 is 0 Å². The normalized spacial score (nSPS) is 17.4. The highest BCUT2D eigenvalue weighted by Gasteiger charge is 2.25. The highest BCUT2D eigenvalue weighted by Crippen LogP contribution is 2.18. The van der Waals surface area contributed by atoms with Crippen LogP contribution in [0, 0.1) is 5.82 Å². The number of morpholine rings is 1. The molecule has 0 radical (unpaired) electrons. The number of rotatable bonds is 3. The molecule has 0 N–H and O–H groups in total. The van der Waals surface area contributed by atoms with E-state index in [1.165, 1.54) is 12.1 Å². The second-order valence-corrected chi connectivity index (χ2v) is 6.49. The minimum atomic E-state index is -0.254. The summed E-state index contributed by atoms with van der Waals surface area (Å²) in [5.41, 5.74) is 2.40. The lowest BCUT2D eigenvalue weighted by Gasteiger charge is -2.33. The standard InChI is InChI=1S/C21H19FN2O2/c22-18-5-1-3-15(11-18)12-19-14-24(9-10-26-19)21(25)17-6-7-20-16(13-17)4-2-8-23-20/h1-8,11,13,19H,9-10,12,14H2. The largest absolute Gasteiger partial charge is 0.374 e. The van der Waals surface area contributed by atoms with Crippen molar-refractivity contribution in [2.45, 2.75) is 12.5 Å². The molecule has 1 aliphatic heterocycles. The lowest BCUT2D eigenvalue weighted by molar-refractivity contribution is -0.0208. The third-order valence-electron chi connectivity index (χ3n) is 4.63. The van der Waals surface area contributed by atoms with Gasteiger partial charge in [0.1, 0.15) is 5.82 Å². The summed E-state index contributed by atoms with van der Waals surface area (Å²) in [6.45, 7) is 1.55. The maximum Gasteiger partial charge on any atom is 0.254 e. The van der Waals surface area contributed by atoms with E-state index in [0.717, 1.165) is 16.5 Å². The highest BCUT2D eigenvalue weighted by atomic mass is 19.1. The number of carbonyl (C=O) groups is 1. The van der Waals surface area contributed by atoms with Crippen LogP contribution in [0.1, 0.15) is 15.9 Å². The molecule has 132 valence electrons. The molecule has 1 atom stereocenters. The zero-order chi connectivity index (χ0) is 17.9. The number of benzene rings is 2. The van der Waals surface area contributed by atoms with E-state index >= 15 is 0 Å². The van der Waals surface area contributed by atoms with E-state index in [1.807, 2.05) is 41.3 Å². The number of fused-ring (bicyclic) bond motifs is 1. The van der Waals surface area contributed by atoms with Gasteiger partial charge in [0.25, 0.3) is 5.91 Å². The molecule has 3 aromatic rings. The van der Waals surface area contributed by atoms with Crippen molar-refractivity contribution in [3.63, 3.8) is 0 Å². The van der Waals surface area contributed by atoms with Gasteiger partial charge in [0, 0.05) is 36.7 Å². The van der Waals surface area contributed by atoms with Crippen LogP contribution in [-0.2, 0) is 11.2 Å². The molecule has 0 saturated carbocycles. The Morgan fingerprint density at radius 2 is 2.12 bits per heavy atom. The Morgan fingerprint density at radius 1 is 1.19 bits per heavy atom. The molecule has 5 heteroatoms. The Bertz CT molecular complexity index is 944. The summed E-state index contributed by atoms with van der Waals surface area (Å²) in [6.07, 6.45) is 2.20. The van der Waals surface area contributed by atoms with Gasteiger partial charge in [0.2, 0.25) is 0 Å². The molecule has 1 amide bonds. The lowest BCUT2D eigenvalue weighted by atomic mass is 10.1. The SMILES string of the molecule is O=C(c1ccc2ncccc2c1)N1CCOC(Cc2cccc(F)c2)C1. The van der Waals surface area contributed by atoms with Crippen LogP contribution in [0.25, 0.3) is 10.9 Å². The van der Waals surface area contributed by atoms with Crippen LogP contribution < -0.4 is 0 Å². The number of ether oxygens (including phenoxy) is 1. The summed E-state index contributed by atoms with van der Waals surface area (Å²) in [5.74, 6) is -0.265. The van der Waals surface area contributed by atoms with Gasteiger partial charge in [-0.25, -0.2) is 4.39 Å². The number of hydrogen-bond acceptors (Lipinski definition) is 3. The van der Waals surface area contributed by atoms with E-state index in [-0.39, 0.29) is 17.8 Å². The lowest BCUT2D eigenvalue weighted by Crippen LogP contribution is -2.46. The fourth-order valence-corrected chi connectivity index (χ4v) is 3.35. The first kappa shape index (κ1) is 16.7. The van der Waals surface area contributed by atoms with Crippen molar-refractivity contribution in [3.8, 4) is 0 Å². The molecule has 1 fully saturated rings. The smallest absolute Gasteiger partial charge is 0.254 e. The Labute approximate surface area is 151 Å². The predicted octanol–water partition coefficient (Wildman–Crippen LogP) is 3.46. The van der Waals surface area contributed by atoms with Gasteiger partial charge in [-0.05, 0) is 42.0 Å². The second-order valence-electron chi connectivity index (χ2n) is 6.49. The van der Waals surface area contributed by atoms with Crippen molar-refractivity contribution in [1.29, 1.82) is 0 Å². The molecule has 1 aliphatic rings. The molecule has 2 heterocycles. The fourth-order valence-electron chi connectivity index (χ4n) is 3.35. The topological polar surface area (TPSA) is 42.4 Å². The molecular formula is C21H19FN2O2. The van der Waals surface area contributed by atoms with Crippen LogP contribution in [0.5, 0.6) is 0 Å². The average molecular weight is 350 g/mol. The van der Waals surface area contributed by atoms with Gasteiger partial charge in [0.15, 0.2) is 0 Å². The zero-order valence-electron chi connectivity index (χ0n) is 14.3. The fraction of sp³-hybridized carbons (Fsp3) is 0.238. The van der Waals surface area contributed by atoms with Crippen LogP contribution in [0.4, 0.5) is 4.39 Å². The molecule has 1 saturated heterocycles. The summed E-state index contributed by atoms with van der Waals surface area (Å²) >= 11 is 0. The molecule has 26 heavy (non-hydrogen) atoms. The predicted molar refractivity (Wildman–Crippen MR) is 97.5 cm³/mol. The second kappa shape index (κ2) is 7.22. The van der Waals surface area contributed by atoms with E-state index in [2.05, 4.69) is 4.98 Å². The number of carbonyl (C=O) groups excluding carboxylic acids is 1. The van der Waals surface area contributed by atoms with Gasteiger partial charge in [-0.3, -0.25) is 9.78 Å². The molecule has 1 aromatic heterocycles. The Balaban J connectivity index is 1.48. The number of aromatic nitrogens is 1. The summed E-state index contributed by atoms with van der Waals surface area (Å²) in [7, 11) is 0. The summed E-state index contributed by atoms with van der Waals surface area (Å²) < 4.78 is 19.1. The van der Waals surface area contributed by atoms with Crippen LogP contribution >= 0.6 is 0 Å². The summed E-state index contributed by atoms with van der Waals surface area (Å²) in [5, 5.41) is 0.947. The van der Waals surface area contributed by atoms with Crippen molar-refractivity contribution in [3.05, 3.63) is 77.7 Å². The Morgan fingerprint density at radius 3 is 3.00 bits per heavy atom. The van der Waals surface area contributed by atoms with E-state index in [1.54, 1.807) is 12.3 Å². The molecule has 0 bridgehead atoms.